The summed E-state index contributed by atoms with van der Waals surface area (Å²) >= 11 is 0. The van der Waals surface area contributed by atoms with Gasteiger partial charge in [-0.15, -0.1) is 0 Å². The van der Waals surface area contributed by atoms with E-state index in [1.165, 1.54) is 6.92 Å². The van der Waals surface area contributed by atoms with Crippen LogP contribution < -0.4 is 10.2 Å². The molecule has 1 aromatic rings. The number of nitrogens with zero attached hydrogens (tertiary/aromatic N) is 4. The lowest BCUT2D eigenvalue weighted by atomic mass is 10.1. The molecule has 7 heteroatoms. The first-order valence-corrected chi connectivity index (χ1v) is 6.56. The van der Waals surface area contributed by atoms with Gasteiger partial charge >= 0.3 is 0 Å². The average molecular weight is 277 g/mol. The number of piperazine rings is 1. The Bertz CT molecular complexity index is 519. The highest BCUT2D eigenvalue weighted by Crippen LogP contribution is 2.17. The number of anilines is 1. The van der Waals surface area contributed by atoms with Crippen LogP contribution in [-0.2, 0) is 9.59 Å². The van der Waals surface area contributed by atoms with E-state index in [2.05, 4.69) is 15.3 Å². The number of aryl methyl sites for hydroxylation is 1. The molecule has 2 rings (SSSR count). The molecule has 0 radical (unpaired) electrons. The molecule has 0 saturated carbocycles. The lowest BCUT2D eigenvalue weighted by molar-refractivity contribution is -0.139. The lowest BCUT2D eigenvalue weighted by Crippen LogP contribution is -2.60. The molecular formula is C13H19N5O2. The van der Waals surface area contributed by atoms with Gasteiger partial charge in [0.15, 0.2) is 0 Å². The minimum Gasteiger partial charge on any atom is -0.357 e. The van der Waals surface area contributed by atoms with Crippen LogP contribution >= 0.6 is 0 Å². The van der Waals surface area contributed by atoms with Crippen molar-refractivity contribution >= 4 is 17.6 Å². The SMILES string of the molecule is CNC(=O)C1CN(c2ccnc(C)n2)CCN1C(C)=O. The Morgan fingerprint density at radius 2 is 2.15 bits per heavy atom. The van der Waals surface area contributed by atoms with Gasteiger partial charge in [-0.25, -0.2) is 9.97 Å². The van der Waals surface area contributed by atoms with Crippen LogP contribution in [0.25, 0.3) is 0 Å². The van der Waals surface area contributed by atoms with Crippen molar-refractivity contribution in [2.45, 2.75) is 19.9 Å². The van der Waals surface area contributed by atoms with E-state index >= 15 is 0 Å². The lowest BCUT2D eigenvalue weighted by Gasteiger charge is -2.40. The van der Waals surface area contributed by atoms with Crippen molar-refractivity contribution in [1.82, 2.24) is 20.2 Å². The Morgan fingerprint density at radius 3 is 2.75 bits per heavy atom. The maximum atomic E-state index is 12.0. The summed E-state index contributed by atoms with van der Waals surface area (Å²) in [7, 11) is 1.58. The standard InChI is InChI=1S/C13H19N5O2/c1-9-15-5-4-12(16-9)17-6-7-18(10(2)19)11(8-17)13(20)14-3/h4-5,11H,6-8H2,1-3H3,(H,14,20). The molecule has 1 aliphatic rings. The fourth-order valence-corrected chi connectivity index (χ4v) is 2.38. The molecule has 1 unspecified atom stereocenters. The third-order valence-corrected chi connectivity index (χ3v) is 3.42. The van der Waals surface area contributed by atoms with Gasteiger partial charge in [0.25, 0.3) is 0 Å². The van der Waals surface area contributed by atoms with E-state index in [4.69, 9.17) is 0 Å². The highest BCUT2D eigenvalue weighted by molar-refractivity contribution is 5.87. The van der Waals surface area contributed by atoms with Crippen LogP contribution in [0.4, 0.5) is 5.82 Å². The number of hydrogen-bond donors (Lipinski definition) is 1. The molecule has 0 spiro atoms. The molecule has 0 aliphatic carbocycles. The Balaban J connectivity index is 2.20. The molecular weight excluding hydrogens is 258 g/mol. The molecule has 1 saturated heterocycles. The van der Waals surface area contributed by atoms with Gasteiger partial charge < -0.3 is 15.1 Å². The van der Waals surface area contributed by atoms with Gasteiger partial charge in [0.05, 0.1) is 0 Å². The van der Waals surface area contributed by atoms with Crippen molar-refractivity contribution in [3.05, 3.63) is 18.1 Å². The first-order chi connectivity index (χ1) is 9.52. The van der Waals surface area contributed by atoms with Crippen molar-refractivity contribution in [3.8, 4) is 0 Å². The number of aromatic nitrogens is 2. The van der Waals surface area contributed by atoms with E-state index in [0.717, 1.165) is 5.82 Å². The van der Waals surface area contributed by atoms with Crippen LogP contribution in [0.2, 0.25) is 0 Å². The van der Waals surface area contributed by atoms with Gasteiger partial charge in [0.2, 0.25) is 11.8 Å². The van der Waals surface area contributed by atoms with Crippen molar-refractivity contribution in [3.63, 3.8) is 0 Å². The minimum atomic E-state index is -0.485. The third-order valence-electron chi connectivity index (χ3n) is 3.42. The molecule has 1 N–H and O–H groups in total. The number of hydrogen-bond acceptors (Lipinski definition) is 5. The normalized spacial score (nSPS) is 18.9. The molecule has 0 bridgehead atoms. The van der Waals surface area contributed by atoms with Crippen LogP contribution in [-0.4, -0.2) is 59.4 Å². The number of nitrogens with one attached hydrogen (secondary N) is 1. The molecule has 2 amide bonds. The molecule has 1 aliphatic heterocycles. The first-order valence-electron chi connectivity index (χ1n) is 6.56. The first kappa shape index (κ1) is 14.2. The van der Waals surface area contributed by atoms with E-state index in [9.17, 15) is 9.59 Å². The van der Waals surface area contributed by atoms with E-state index in [-0.39, 0.29) is 11.8 Å². The van der Waals surface area contributed by atoms with Crippen molar-refractivity contribution < 1.29 is 9.59 Å². The highest BCUT2D eigenvalue weighted by atomic mass is 16.2. The summed E-state index contributed by atoms with van der Waals surface area (Å²) in [6.45, 7) is 4.92. The number of likely N-dealkylation sites (N-methyl/N-ethyl adjacent to an activating group) is 1. The number of rotatable bonds is 2. The average Bonchev–Trinajstić information content (AvgIpc) is 2.45. The largest absolute Gasteiger partial charge is 0.357 e. The Kier molecular flexibility index (Phi) is 4.16. The number of carbonyl (C=O) groups is 2. The highest BCUT2D eigenvalue weighted by Gasteiger charge is 2.33. The van der Waals surface area contributed by atoms with Gasteiger partial charge in [0.1, 0.15) is 17.7 Å². The molecule has 0 aromatic carbocycles. The van der Waals surface area contributed by atoms with Gasteiger partial charge in [0, 0.05) is 39.8 Å². The fraction of sp³-hybridized carbons (Fsp3) is 0.538. The van der Waals surface area contributed by atoms with Crippen molar-refractivity contribution in [2.75, 3.05) is 31.6 Å². The predicted octanol–water partition coefficient (Wildman–Crippen LogP) is -0.432. The second-order valence-electron chi connectivity index (χ2n) is 4.75. The quantitative estimate of drug-likeness (QED) is 0.793. The molecule has 108 valence electrons. The number of carbonyl (C=O) groups excluding carboxylic acids is 2. The van der Waals surface area contributed by atoms with E-state index < -0.39 is 6.04 Å². The van der Waals surface area contributed by atoms with Crippen LogP contribution in [0.5, 0.6) is 0 Å². The monoisotopic (exact) mass is 277 g/mol. The van der Waals surface area contributed by atoms with Crippen molar-refractivity contribution in [2.24, 2.45) is 0 Å². The van der Waals surface area contributed by atoms with E-state index in [1.807, 2.05) is 17.9 Å². The minimum absolute atomic E-state index is 0.0860. The summed E-state index contributed by atoms with van der Waals surface area (Å²) < 4.78 is 0. The molecule has 1 aromatic heterocycles. The zero-order valence-electron chi connectivity index (χ0n) is 12.0. The second-order valence-corrected chi connectivity index (χ2v) is 4.75. The summed E-state index contributed by atoms with van der Waals surface area (Å²) in [6.07, 6.45) is 1.70. The second kappa shape index (κ2) is 5.85. The van der Waals surface area contributed by atoms with Crippen LogP contribution in [0.3, 0.4) is 0 Å². The fourth-order valence-electron chi connectivity index (χ4n) is 2.38. The van der Waals surface area contributed by atoms with Gasteiger partial charge in [-0.3, -0.25) is 9.59 Å². The van der Waals surface area contributed by atoms with E-state index in [0.29, 0.717) is 25.5 Å². The van der Waals surface area contributed by atoms with Gasteiger partial charge in [-0.05, 0) is 13.0 Å². The zero-order valence-corrected chi connectivity index (χ0v) is 12.0. The van der Waals surface area contributed by atoms with E-state index in [1.54, 1.807) is 18.1 Å². The van der Waals surface area contributed by atoms with Gasteiger partial charge in [-0.2, -0.15) is 0 Å². The van der Waals surface area contributed by atoms with Crippen LogP contribution in [0.1, 0.15) is 12.7 Å². The summed E-state index contributed by atoms with van der Waals surface area (Å²) in [4.78, 5) is 35.6. The smallest absolute Gasteiger partial charge is 0.244 e. The van der Waals surface area contributed by atoms with Crippen molar-refractivity contribution in [1.29, 1.82) is 0 Å². The van der Waals surface area contributed by atoms with Gasteiger partial charge in [-0.1, -0.05) is 0 Å². The topological polar surface area (TPSA) is 78.4 Å². The maximum absolute atomic E-state index is 12.0. The van der Waals surface area contributed by atoms with Crippen LogP contribution in [0.15, 0.2) is 12.3 Å². The zero-order chi connectivity index (χ0) is 14.7. The third kappa shape index (κ3) is 2.87. The maximum Gasteiger partial charge on any atom is 0.244 e. The summed E-state index contributed by atoms with van der Waals surface area (Å²) in [5, 5.41) is 2.61. The molecule has 20 heavy (non-hydrogen) atoms. The molecule has 1 atom stereocenters. The molecule has 1 fully saturated rings. The predicted molar refractivity (Wildman–Crippen MR) is 74.2 cm³/mol. The number of amides is 2. The summed E-state index contributed by atoms with van der Waals surface area (Å²) in [6, 6.07) is 1.33. The molecule has 7 nitrogen and oxygen atoms in total. The van der Waals surface area contributed by atoms with Crippen LogP contribution in [0, 0.1) is 6.92 Å². The molecule has 2 heterocycles. The summed E-state index contributed by atoms with van der Waals surface area (Å²) in [5.41, 5.74) is 0. The Morgan fingerprint density at radius 1 is 1.40 bits per heavy atom. The Labute approximate surface area is 118 Å². The Hall–Kier alpha value is -2.18. The summed E-state index contributed by atoms with van der Waals surface area (Å²) in [5.74, 6) is 1.23.